The number of rotatable bonds is 5. The Balaban J connectivity index is 1.24. The first kappa shape index (κ1) is 41.4. The summed E-state index contributed by atoms with van der Waals surface area (Å²) >= 11 is 1.76. The molecule has 16 rings (SSSR count). The Morgan fingerprint density at radius 2 is 0.707 bits per heavy atom. The predicted molar refractivity (Wildman–Crippen MR) is 309 cm³/mol. The predicted octanol–water partition coefficient (Wildman–Crippen LogP) is 17.2. The summed E-state index contributed by atoms with van der Waals surface area (Å²) in [5.74, 6) is 0. The smallest absolute Gasteiger partial charge is 0.104 e. The van der Waals surface area contributed by atoms with Gasteiger partial charge in [-0.15, -0.1) is 11.3 Å². The van der Waals surface area contributed by atoms with Gasteiger partial charge in [0, 0.05) is 70.3 Å². The van der Waals surface area contributed by atoms with Crippen LogP contribution in [0.3, 0.4) is 0 Å². The SMILES string of the molecule is N#Cc1c(-n2c3ccccc3c3ccccc32)c(-n2c3ccccc3c3ccccc32)c(C#N)c(-n2c3cc(-c4ccccn4)ccc3c3ccc4c5ccccc5sc4c32)c1-n1c2ccccc2c2ccccc21. The van der Waals surface area contributed by atoms with Crippen molar-refractivity contribution in [3.63, 3.8) is 0 Å². The van der Waals surface area contributed by atoms with Crippen LogP contribution in [0.15, 0.2) is 225 Å². The van der Waals surface area contributed by atoms with Crippen molar-refractivity contribution in [2.24, 2.45) is 0 Å². The third-order valence-corrected chi connectivity index (χ3v) is 16.7. The molecule has 7 nitrogen and oxygen atoms in total. The molecular weight excluding hydrogens is 935 g/mol. The monoisotopic (exact) mass is 971 g/mol. The quantitative estimate of drug-likeness (QED) is 0.172. The van der Waals surface area contributed by atoms with E-state index in [1.54, 1.807) is 11.3 Å². The van der Waals surface area contributed by atoms with Crippen molar-refractivity contribution in [2.45, 2.75) is 0 Å². The second-order valence-corrected chi connectivity index (χ2v) is 20.2. The highest BCUT2D eigenvalue weighted by atomic mass is 32.1. The standard InChI is InChI=1S/C67H37N7S/c68-38-51-62(71-54-25-8-1-17-41(54)42-18-2-9-26-55(42)71)63(72-56-27-10-3-19-43(56)44-20-4-11-28-57(44)72)52(39-69)65(64(51)73-58-29-12-5-21-45(58)46-22-6-13-30-59(46)73)74-60-37-40(53-24-15-16-36-70-53)32-33-47(60)49-34-35-50-48-23-7-14-31-61(48)75-67(50)66(49)74/h1-37H. The van der Waals surface area contributed by atoms with Gasteiger partial charge in [0.05, 0.1) is 77.3 Å². The minimum Gasteiger partial charge on any atom is -0.306 e. The van der Waals surface area contributed by atoms with Gasteiger partial charge in [-0.2, -0.15) is 10.5 Å². The maximum atomic E-state index is 12.8. The van der Waals surface area contributed by atoms with Gasteiger partial charge in [-0.1, -0.05) is 158 Å². The number of hydrogen-bond donors (Lipinski definition) is 0. The van der Waals surface area contributed by atoms with E-state index in [2.05, 4.69) is 231 Å². The number of thiophene rings is 1. The molecule has 0 amide bonds. The first-order valence-electron chi connectivity index (χ1n) is 25.0. The van der Waals surface area contributed by atoms with Gasteiger partial charge >= 0.3 is 0 Å². The molecular formula is C67H37N7S. The average Bonchev–Trinajstić information content (AvgIpc) is 4.37. The molecule has 0 unspecified atom stereocenters. The topological polar surface area (TPSA) is 80.2 Å². The van der Waals surface area contributed by atoms with E-state index in [0.717, 1.165) is 109 Å². The fourth-order valence-electron chi connectivity index (χ4n) is 12.5. The molecule has 0 atom stereocenters. The number of nitriles is 2. The van der Waals surface area contributed by atoms with Crippen molar-refractivity contribution in [3.8, 4) is 46.1 Å². The Kier molecular flexibility index (Phi) is 8.62. The summed E-state index contributed by atoms with van der Waals surface area (Å²) in [6.45, 7) is 0. The lowest BCUT2D eigenvalue weighted by Gasteiger charge is -2.27. The van der Waals surface area contributed by atoms with Crippen molar-refractivity contribution in [1.29, 1.82) is 10.5 Å². The molecule has 0 N–H and O–H groups in total. The second-order valence-electron chi connectivity index (χ2n) is 19.2. The third kappa shape index (κ3) is 5.58. The molecule has 346 valence electrons. The van der Waals surface area contributed by atoms with Crippen molar-refractivity contribution >= 4 is 119 Å². The molecule has 0 fully saturated rings. The van der Waals surface area contributed by atoms with E-state index in [0.29, 0.717) is 33.9 Å². The summed E-state index contributed by atoms with van der Waals surface area (Å²) in [5.41, 5.74) is 12.4. The Morgan fingerprint density at radius 1 is 0.333 bits per heavy atom. The van der Waals surface area contributed by atoms with E-state index >= 15 is 0 Å². The average molecular weight is 972 g/mol. The summed E-state index contributed by atoms with van der Waals surface area (Å²) in [6, 6.07) is 82.2. The van der Waals surface area contributed by atoms with Crippen molar-refractivity contribution < 1.29 is 0 Å². The maximum absolute atomic E-state index is 12.8. The van der Waals surface area contributed by atoms with Crippen LogP contribution in [0.1, 0.15) is 11.1 Å². The highest BCUT2D eigenvalue weighted by molar-refractivity contribution is 7.26. The molecule has 75 heavy (non-hydrogen) atoms. The molecule has 0 aliphatic carbocycles. The van der Waals surface area contributed by atoms with Crippen molar-refractivity contribution in [1.82, 2.24) is 23.3 Å². The summed E-state index contributed by atoms with van der Waals surface area (Å²) in [5, 5.41) is 36.1. The number of benzene rings is 10. The van der Waals surface area contributed by atoms with E-state index in [1.807, 2.05) is 24.4 Å². The number of aromatic nitrogens is 5. The first-order valence-corrected chi connectivity index (χ1v) is 25.8. The summed E-state index contributed by atoms with van der Waals surface area (Å²) in [6.07, 6.45) is 1.83. The van der Waals surface area contributed by atoms with Crippen LogP contribution in [0.5, 0.6) is 0 Å². The minimum atomic E-state index is 0.411. The second kappa shape index (κ2) is 15.6. The molecule has 0 spiro atoms. The van der Waals surface area contributed by atoms with Crippen LogP contribution in [0, 0.1) is 22.7 Å². The Bertz CT molecular complexity index is 5060. The molecule has 6 heterocycles. The summed E-state index contributed by atoms with van der Waals surface area (Å²) in [4.78, 5) is 4.86. The van der Waals surface area contributed by atoms with E-state index in [4.69, 9.17) is 4.98 Å². The van der Waals surface area contributed by atoms with Gasteiger partial charge in [0.25, 0.3) is 0 Å². The van der Waals surface area contributed by atoms with Crippen LogP contribution in [0.25, 0.3) is 141 Å². The lowest BCUT2D eigenvalue weighted by molar-refractivity contribution is 1.03. The molecule has 0 radical (unpaired) electrons. The van der Waals surface area contributed by atoms with Crippen LogP contribution in [-0.2, 0) is 0 Å². The third-order valence-electron chi connectivity index (χ3n) is 15.5. The van der Waals surface area contributed by atoms with Gasteiger partial charge in [-0.25, -0.2) is 0 Å². The highest BCUT2D eigenvalue weighted by Gasteiger charge is 2.35. The molecule has 10 aromatic carbocycles. The molecule has 0 saturated carbocycles. The molecule has 0 aliphatic heterocycles. The minimum absolute atomic E-state index is 0.411. The van der Waals surface area contributed by atoms with E-state index in [-0.39, 0.29) is 0 Å². The first-order chi connectivity index (χ1) is 37.2. The van der Waals surface area contributed by atoms with Crippen LogP contribution in [0.4, 0.5) is 0 Å². The summed E-state index contributed by atoms with van der Waals surface area (Å²) in [7, 11) is 0. The Morgan fingerprint density at radius 3 is 1.15 bits per heavy atom. The van der Waals surface area contributed by atoms with E-state index < -0.39 is 0 Å². The van der Waals surface area contributed by atoms with Gasteiger partial charge in [-0.05, 0) is 60.7 Å². The van der Waals surface area contributed by atoms with Crippen molar-refractivity contribution in [2.75, 3.05) is 0 Å². The van der Waals surface area contributed by atoms with E-state index in [1.165, 1.54) is 10.1 Å². The molecule has 6 aromatic heterocycles. The van der Waals surface area contributed by atoms with Crippen LogP contribution in [0.2, 0.25) is 0 Å². The Hall–Kier alpha value is -10.3. The summed E-state index contributed by atoms with van der Waals surface area (Å²) < 4.78 is 11.4. The highest BCUT2D eigenvalue weighted by Crippen LogP contribution is 2.51. The number of pyridine rings is 1. The maximum Gasteiger partial charge on any atom is 0.104 e. The molecule has 0 aliphatic rings. The van der Waals surface area contributed by atoms with Gasteiger partial charge in [0.1, 0.15) is 23.3 Å². The van der Waals surface area contributed by atoms with Crippen LogP contribution in [-0.4, -0.2) is 23.3 Å². The molecule has 16 aromatic rings. The number of hydrogen-bond acceptors (Lipinski definition) is 4. The largest absolute Gasteiger partial charge is 0.306 e. The van der Waals surface area contributed by atoms with Gasteiger partial charge < -0.3 is 18.3 Å². The number of nitrogens with zero attached hydrogens (tertiary/aromatic N) is 7. The van der Waals surface area contributed by atoms with E-state index in [9.17, 15) is 10.5 Å². The van der Waals surface area contributed by atoms with Crippen LogP contribution < -0.4 is 0 Å². The van der Waals surface area contributed by atoms with Crippen molar-refractivity contribution in [3.05, 3.63) is 236 Å². The molecule has 0 saturated heterocycles. The molecule has 8 heteroatoms. The zero-order valence-electron chi connectivity index (χ0n) is 39.9. The Labute approximate surface area is 432 Å². The lowest BCUT2D eigenvalue weighted by Crippen LogP contribution is -2.16. The van der Waals surface area contributed by atoms with Gasteiger partial charge in [-0.3, -0.25) is 4.98 Å². The number of fused-ring (bicyclic) bond motifs is 16. The fourth-order valence-corrected chi connectivity index (χ4v) is 13.7. The zero-order valence-corrected chi connectivity index (χ0v) is 40.7. The van der Waals surface area contributed by atoms with Gasteiger partial charge in [0.2, 0.25) is 0 Å². The fraction of sp³-hybridized carbons (Fsp3) is 0. The normalized spacial score (nSPS) is 12.0. The van der Waals surface area contributed by atoms with Gasteiger partial charge in [0.15, 0.2) is 0 Å². The van der Waals surface area contributed by atoms with Crippen LogP contribution >= 0.6 is 11.3 Å². The number of para-hydroxylation sites is 6. The zero-order chi connectivity index (χ0) is 49.5. The lowest BCUT2D eigenvalue weighted by atomic mass is 9.98. The molecule has 0 bridgehead atoms.